The molecule has 6 heteroatoms. The van der Waals surface area contributed by atoms with Crippen molar-refractivity contribution < 1.29 is 9.59 Å². The molecule has 1 saturated heterocycles. The Kier molecular flexibility index (Phi) is 4.58. The van der Waals surface area contributed by atoms with E-state index in [1.54, 1.807) is 30.6 Å². The molecule has 0 radical (unpaired) electrons. The van der Waals surface area contributed by atoms with Gasteiger partial charge < -0.3 is 0 Å². The highest BCUT2D eigenvalue weighted by Gasteiger charge is 2.34. The van der Waals surface area contributed by atoms with E-state index in [0.29, 0.717) is 11.4 Å². The summed E-state index contributed by atoms with van der Waals surface area (Å²) in [7, 11) is 0. The zero-order valence-corrected chi connectivity index (χ0v) is 14.4. The van der Waals surface area contributed by atoms with Crippen molar-refractivity contribution in [3.8, 4) is 0 Å². The van der Waals surface area contributed by atoms with Crippen LogP contribution in [0.2, 0.25) is 0 Å². The number of carbonyl (C=O) groups is 2. The Hall–Kier alpha value is -1.67. The summed E-state index contributed by atoms with van der Waals surface area (Å²) < 4.78 is 1.12. The molecule has 4 nitrogen and oxygen atoms in total. The molecular formula is C16H11IN2O2S. The summed E-state index contributed by atoms with van der Waals surface area (Å²) in [4.78, 5) is 30.1. The number of hydrogen-bond donors (Lipinski definition) is 0. The number of imide groups is 1. The van der Waals surface area contributed by atoms with E-state index >= 15 is 0 Å². The molecule has 22 heavy (non-hydrogen) atoms. The van der Waals surface area contributed by atoms with Crippen LogP contribution in [0.15, 0.2) is 53.7 Å². The van der Waals surface area contributed by atoms with Gasteiger partial charge in [-0.2, -0.15) is 0 Å². The smallest absolute Gasteiger partial charge is 0.268 e. The zero-order chi connectivity index (χ0) is 15.5. The van der Waals surface area contributed by atoms with Gasteiger partial charge in [0.25, 0.3) is 11.1 Å². The second kappa shape index (κ2) is 6.62. The van der Waals surface area contributed by atoms with E-state index < -0.39 is 0 Å². The van der Waals surface area contributed by atoms with Gasteiger partial charge in [0.05, 0.1) is 11.4 Å². The first kappa shape index (κ1) is 15.2. The Morgan fingerprint density at radius 3 is 2.45 bits per heavy atom. The Labute approximate surface area is 145 Å². The number of thioether (sulfide) groups is 1. The predicted octanol–water partition coefficient (Wildman–Crippen LogP) is 3.92. The number of benzene rings is 1. The van der Waals surface area contributed by atoms with E-state index in [2.05, 4.69) is 27.6 Å². The van der Waals surface area contributed by atoms with Crippen LogP contribution in [0.5, 0.6) is 0 Å². The quantitative estimate of drug-likeness (QED) is 0.556. The fourth-order valence-electron chi connectivity index (χ4n) is 2.02. The molecule has 3 rings (SSSR count). The monoisotopic (exact) mass is 422 g/mol. The molecule has 2 heterocycles. The van der Waals surface area contributed by atoms with Gasteiger partial charge in [-0.25, -0.2) is 0 Å². The number of carbonyl (C=O) groups excluding carboxylic acids is 2. The summed E-state index contributed by atoms with van der Waals surface area (Å²) in [5, 5.41) is -0.233. The molecule has 1 fully saturated rings. The van der Waals surface area contributed by atoms with E-state index in [-0.39, 0.29) is 11.1 Å². The van der Waals surface area contributed by atoms with Crippen LogP contribution in [0, 0.1) is 3.57 Å². The van der Waals surface area contributed by atoms with Gasteiger partial charge in [0.2, 0.25) is 0 Å². The molecule has 0 unspecified atom stereocenters. The van der Waals surface area contributed by atoms with Crippen molar-refractivity contribution in [1.29, 1.82) is 0 Å². The molecule has 110 valence electrons. The molecule has 1 aliphatic heterocycles. The number of hydrogen-bond acceptors (Lipinski definition) is 4. The van der Waals surface area contributed by atoms with Crippen molar-refractivity contribution >= 4 is 51.6 Å². The standard InChI is InChI=1S/C16H11IN2O2S/c17-13-3-1-12(2-4-13)10-19-15(20)14(22-16(19)21)9-11-5-7-18-8-6-11/h1-9H,10H2/b14-9-. The number of rotatable bonds is 3. The fraction of sp³-hybridized carbons (Fsp3) is 0.0625. The third-order valence-corrected chi connectivity index (χ3v) is 4.76. The van der Waals surface area contributed by atoms with Crippen molar-refractivity contribution in [2.24, 2.45) is 0 Å². The Morgan fingerprint density at radius 2 is 1.77 bits per heavy atom. The normalized spacial score (nSPS) is 16.6. The predicted molar refractivity (Wildman–Crippen MR) is 94.9 cm³/mol. The lowest BCUT2D eigenvalue weighted by molar-refractivity contribution is -0.123. The Balaban J connectivity index is 1.80. The van der Waals surface area contributed by atoms with Crippen LogP contribution in [0.3, 0.4) is 0 Å². The van der Waals surface area contributed by atoms with Gasteiger partial charge in [0.1, 0.15) is 0 Å². The van der Waals surface area contributed by atoms with Crippen LogP contribution in [0.25, 0.3) is 6.08 Å². The number of amides is 2. The molecule has 0 N–H and O–H groups in total. The third kappa shape index (κ3) is 3.38. The Morgan fingerprint density at radius 1 is 1.09 bits per heavy atom. The van der Waals surface area contributed by atoms with Crippen LogP contribution in [-0.4, -0.2) is 21.0 Å². The lowest BCUT2D eigenvalue weighted by Crippen LogP contribution is -2.27. The highest BCUT2D eigenvalue weighted by atomic mass is 127. The molecule has 1 aromatic heterocycles. The van der Waals surface area contributed by atoms with Crippen molar-refractivity contribution in [2.45, 2.75) is 6.54 Å². The summed E-state index contributed by atoms with van der Waals surface area (Å²) in [6.07, 6.45) is 5.03. The fourth-order valence-corrected chi connectivity index (χ4v) is 3.22. The molecule has 2 amide bonds. The van der Waals surface area contributed by atoms with Gasteiger partial charge in [-0.1, -0.05) is 12.1 Å². The summed E-state index contributed by atoms with van der Waals surface area (Å²) in [5.41, 5.74) is 1.79. The highest BCUT2D eigenvalue weighted by molar-refractivity contribution is 14.1. The van der Waals surface area contributed by atoms with E-state index in [1.165, 1.54) is 4.90 Å². The minimum atomic E-state index is -0.245. The van der Waals surface area contributed by atoms with Crippen molar-refractivity contribution in [3.63, 3.8) is 0 Å². The molecule has 2 aromatic rings. The number of nitrogens with zero attached hydrogens (tertiary/aromatic N) is 2. The number of pyridine rings is 1. The zero-order valence-electron chi connectivity index (χ0n) is 11.4. The highest BCUT2D eigenvalue weighted by Crippen LogP contribution is 2.33. The average molecular weight is 422 g/mol. The maximum absolute atomic E-state index is 12.4. The van der Waals surface area contributed by atoms with Crippen molar-refractivity contribution in [1.82, 2.24) is 9.88 Å². The summed E-state index contributed by atoms with van der Waals surface area (Å²) in [6, 6.07) is 11.4. The first-order chi connectivity index (χ1) is 10.6. The van der Waals surface area contributed by atoms with Crippen LogP contribution in [0.1, 0.15) is 11.1 Å². The molecule has 1 aliphatic rings. The van der Waals surface area contributed by atoms with Crippen LogP contribution < -0.4 is 0 Å². The Bertz CT molecular complexity index is 745. The van der Waals surface area contributed by atoms with Gasteiger partial charge in [0, 0.05) is 16.0 Å². The van der Waals surface area contributed by atoms with Crippen LogP contribution in [-0.2, 0) is 11.3 Å². The summed E-state index contributed by atoms with van der Waals surface area (Å²) >= 11 is 3.19. The number of halogens is 1. The van der Waals surface area contributed by atoms with E-state index in [4.69, 9.17) is 0 Å². The minimum absolute atomic E-state index is 0.233. The first-order valence-electron chi connectivity index (χ1n) is 6.53. The van der Waals surface area contributed by atoms with Crippen molar-refractivity contribution in [2.75, 3.05) is 0 Å². The maximum atomic E-state index is 12.4. The lowest BCUT2D eigenvalue weighted by atomic mass is 10.2. The topological polar surface area (TPSA) is 50.3 Å². The van der Waals surface area contributed by atoms with Gasteiger partial charge in [0.15, 0.2) is 0 Å². The second-order valence-corrected chi connectivity index (χ2v) is 6.91. The van der Waals surface area contributed by atoms with Gasteiger partial charge in [-0.05, 0) is 75.8 Å². The van der Waals surface area contributed by atoms with E-state index in [9.17, 15) is 9.59 Å². The molecule has 0 saturated carbocycles. The van der Waals surface area contributed by atoms with Gasteiger partial charge in [-0.15, -0.1) is 0 Å². The van der Waals surface area contributed by atoms with Crippen LogP contribution >= 0.6 is 34.4 Å². The van der Waals surface area contributed by atoms with Crippen LogP contribution in [0.4, 0.5) is 4.79 Å². The molecule has 0 bridgehead atoms. The first-order valence-corrected chi connectivity index (χ1v) is 8.43. The van der Waals surface area contributed by atoms with E-state index in [1.807, 2.05) is 24.3 Å². The summed E-state index contributed by atoms with van der Waals surface area (Å²) in [5.74, 6) is -0.245. The van der Waals surface area contributed by atoms with Gasteiger partial charge >= 0.3 is 0 Å². The second-order valence-electron chi connectivity index (χ2n) is 4.67. The molecule has 0 atom stereocenters. The van der Waals surface area contributed by atoms with E-state index in [0.717, 1.165) is 26.5 Å². The molecule has 0 aliphatic carbocycles. The molecular weight excluding hydrogens is 411 g/mol. The average Bonchev–Trinajstić information content (AvgIpc) is 2.78. The largest absolute Gasteiger partial charge is 0.293 e. The number of aromatic nitrogens is 1. The summed E-state index contributed by atoms with van der Waals surface area (Å²) in [6.45, 7) is 0.301. The minimum Gasteiger partial charge on any atom is -0.268 e. The molecule has 0 spiro atoms. The van der Waals surface area contributed by atoms with Gasteiger partial charge in [-0.3, -0.25) is 19.5 Å². The SMILES string of the molecule is O=C1S/C(=C\c2ccncc2)C(=O)N1Cc1ccc(I)cc1. The van der Waals surface area contributed by atoms with Crippen molar-refractivity contribution in [3.05, 3.63) is 68.4 Å². The third-order valence-electron chi connectivity index (χ3n) is 3.13. The maximum Gasteiger partial charge on any atom is 0.293 e. The molecule has 1 aromatic carbocycles. The lowest BCUT2D eigenvalue weighted by Gasteiger charge is -2.12.